The number of nitrogens with one attached hydrogen (secondary N) is 1. The van der Waals surface area contributed by atoms with Crippen LogP contribution in [0.4, 0.5) is 0 Å². The van der Waals surface area contributed by atoms with E-state index in [0.717, 1.165) is 0 Å². The number of carbonyl (C=O) groups is 3. The molecule has 1 aromatic carbocycles. The molecule has 1 rings (SSSR count). The Hall–Kier alpha value is -2.57. The van der Waals surface area contributed by atoms with Gasteiger partial charge >= 0.3 is 11.9 Å². The fourth-order valence-corrected chi connectivity index (χ4v) is 1.74. The Morgan fingerprint density at radius 3 is 2.57 bits per heavy atom. The molecule has 0 saturated heterocycles. The largest absolute Gasteiger partial charge is 0.497 e. The summed E-state index contributed by atoms with van der Waals surface area (Å²) < 4.78 is 5.03. The second-order valence-electron chi connectivity index (χ2n) is 4.42. The monoisotopic (exact) mass is 295 g/mol. The average Bonchev–Trinajstić information content (AvgIpc) is 2.43. The van der Waals surface area contributed by atoms with Gasteiger partial charge < -0.3 is 20.3 Å². The molecule has 0 aliphatic carbocycles. The quantitative estimate of drug-likeness (QED) is 0.649. The summed E-state index contributed by atoms with van der Waals surface area (Å²) in [5, 5.41) is 19.8. The van der Waals surface area contributed by atoms with Crippen molar-refractivity contribution >= 4 is 17.8 Å². The van der Waals surface area contributed by atoms with Gasteiger partial charge in [-0.3, -0.25) is 9.59 Å². The molecule has 7 nitrogen and oxygen atoms in total. The van der Waals surface area contributed by atoms with Crippen molar-refractivity contribution in [3.63, 3.8) is 0 Å². The third kappa shape index (κ3) is 5.94. The van der Waals surface area contributed by atoms with Crippen LogP contribution in [0.5, 0.6) is 5.75 Å². The third-order valence-corrected chi connectivity index (χ3v) is 2.78. The van der Waals surface area contributed by atoms with E-state index in [9.17, 15) is 14.4 Å². The molecule has 0 aromatic heterocycles. The maximum absolute atomic E-state index is 11.8. The highest BCUT2D eigenvalue weighted by molar-refractivity contribution is 5.85. The Bertz CT molecular complexity index is 528. The van der Waals surface area contributed by atoms with Crippen molar-refractivity contribution in [3.05, 3.63) is 29.8 Å². The number of ether oxygens (including phenoxy) is 1. The fraction of sp³-hybridized carbons (Fsp3) is 0.357. The van der Waals surface area contributed by atoms with Gasteiger partial charge in [0, 0.05) is 6.42 Å². The molecule has 114 valence electrons. The predicted octanol–water partition coefficient (Wildman–Crippen LogP) is 0.672. The van der Waals surface area contributed by atoms with E-state index >= 15 is 0 Å². The van der Waals surface area contributed by atoms with Gasteiger partial charge in [-0.1, -0.05) is 12.1 Å². The Labute approximate surface area is 121 Å². The average molecular weight is 295 g/mol. The molecular formula is C14H17NO6. The lowest BCUT2D eigenvalue weighted by atomic mass is 10.1. The van der Waals surface area contributed by atoms with E-state index in [4.69, 9.17) is 14.9 Å². The van der Waals surface area contributed by atoms with Crippen molar-refractivity contribution in [3.8, 4) is 5.75 Å². The van der Waals surface area contributed by atoms with Crippen LogP contribution in [0.25, 0.3) is 0 Å². The number of hydrogen-bond acceptors (Lipinski definition) is 4. The van der Waals surface area contributed by atoms with E-state index in [2.05, 4.69) is 5.32 Å². The molecule has 1 amide bonds. The van der Waals surface area contributed by atoms with Gasteiger partial charge in [0.25, 0.3) is 0 Å². The number of methoxy groups -OCH3 is 1. The lowest BCUT2D eigenvalue weighted by Gasteiger charge is -2.13. The lowest BCUT2D eigenvalue weighted by Crippen LogP contribution is -2.41. The van der Waals surface area contributed by atoms with Gasteiger partial charge in [0.15, 0.2) is 0 Å². The number of carbonyl (C=O) groups excluding carboxylic acids is 1. The maximum Gasteiger partial charge on any atom is 0.326 e. The van der Waals surface area contributed by atoms with Gasteiger partial charge in [0.1, 0.15) is 11.8 Å². The molecule has 1 atom stereocenters. The number of rotatable bonds is 8. The van der Waals surface area contributed by atoms with E-state index in [1.807, 2.05) is 0 Å². The zero-order valence-corrected chi connectivity index (χ0v) is 11.5. The maximum atomic E-state index is 11.8. The minimum absolute atomic E-state index is 0.00590. The summed E-state index contributed by atoms with van der Waals surface area (Å²) in [6, 6.07) is 5.63. The second-order valence-corrected chi connectivity index (χ2v) is 4.42. The smallest absolute Gasteiger partial charge is 0.326 e. The van der Waals surface area contributed by atoms with E-state index in [-0.39, 0.29) is 19.3 Å². The Morgan fingerprint density at radius 2 is 2.00 bits per heavy atom. The highest BCUT2D eigenvalue weighted by Gasteiger charge is 2.20. The molecular weight excluding hydrogens is 278 g/mol. The summed E-state index contributed by atoms with van der Waals surface area (Å²) in [7, 11) is 1.51. The summed E-state index contributed by atoms with van der Waals surface area (Å²) in [4.78, 5) is 33.2. The number of aliphatic carboxylic acids is 2. The van der Waals surface area contributed by atoms with Crippen molar-refractivity contribution in [2.45, 2.75) is 25.3 Å². The number of carboxylic acid groups (broad SMARTS) is 2. The van der Waals surface area contributed by atoms with Gasteiger partial charge in [0.2, 0.25) is 5.91 Å². The standard InChI is InChI=1S/C14H17NO6/c1-21-10-4-2-3-9(7-10)8-12(16)15-11(14(19)20)5-6-13(17)18/h2-4,7,11H,5-6,8H2,1H3,(H,15,16)(H,17,18)(H,19,20). The Kier molecular flexibility index (Phi) is 6.19. The summed E-state index contributed by atoms with van der Waals surface area (Å²) in [5.74, 6) is -2.25. The third-order valence-electron chi connectivity index (χ3n) is 2.78. The van der Waals surface area contributed by atoms with Crippen molar-refractivity contribution in [2.24, 2.45) is 0 Å². The molecule has 0 radical (unpaired) electrons. The van der Waals surface area contributed by atoms with Gasteiger partial charge in [-0.2, -0.15) is 0 Å². The van der Waals surface area contributed by atoms with E-state index in [0.29, 0.717) is 11.3 Å². The molecule has 0 fully saturated rings. The molecule has 1 aromatic rings. The topological polar surface area (TPSA) is 113 Å². The Morgan fingerprint density at radius 1 is 1.29 bits per heavy atom. The first-order valence-corrected chi connectivity index (χ1v) is 6.29. The van der Waals surface area contributed by atoms with Crippen LogP contribution >= 0.6 is 0 Å². The van der Waals surface area contributed by atoms with Crippen LogP contribution in [-0.4, -0.2) is 41.2 Å². The van der Waals surface area contributed by atoms with Crippen LogP contribution in [-0.2, 0) is 20.8 Å². The number of amides is 1. The molecule has 0 heterocycles. The van der Waals surface area contributed by atoms with Crippen molar-refractivity contribution in [1.29, 1.82) is 0 Å². The van der Waals surface area contributed by atoms with E-state index in [1.54, 1.807) is 24.3 Å². The summed E-state index contributed by atoms with van der Waals surface area (Å²) >= 11 is 0. The van der Waals surface area contributed by atoms with E-state index in [1.165, 1.54) is 7.11 Å². The van der Waals surface area contributed by atoms with Crippen LogP contribution in [0.3, 0.4) is 0 Å². The first kappa shape index (κ1) is 16.5. The van der Waals surface area contributed by atoms with Crippen molar-refractivity contribution < 1.29 is 29.3 Å². The summed E-state index contributed by atoms with van der Waals surface area (Å²) in [5.41, 5.74) is 0.675. The van der Waals surface area contributed by atoms with Crippen LogP contribution < -0.4 is 10.1 Å². The zero-order valence-electron chi connectivity index (χ0n) is 11.5. The van der Waals surface area contributed by atoms with Crippen LogP contribution in [0, 0.1) is 0 Å². The summed E-state index contributed by atoms with van der Waals surface area (Å²) in [6.45, 7) is 0. The van der Waals surface area contributed by atoms with Crippen LogP contribution in [0.15, 0.2) is 24.3 Å². The number of benzene rings is 1. The highest BCUT2D eigenvalue weighted by Crippen LogP contribution is 2.13. The first-order chi connectivity index (χ1) is 9.92. The molecule has 21 heavy (non-hydrogen) atoms. The van der Waals surface area contributed by atoms with Gasteiger partial charge in [-0.15, -0.1) is 0 Å². The fourth-order valence-electron chi connectivity index (χ4n) is 1.74. The predicted molar refractivity (Wildman–Crippen MR) is 73.1 cm³/mol. The second kappa shape index (κ2) is 7.88. The number of carboxylic acids is 2. The minimum Gasteiger partial charge on any atom is -0.497 e. The highest BCUT2D eigenvalue weighted by atomic mass is 16.5. The molecule has 0 aliphatic heterocycles. The Balaban J connectivity index is 2.60. The molecule has 0 saturated carbocycles. The van der Waals surface area contributed by atoms with Gasteiger partial charge in [0.05, 0.1) is 13.5 Å². The molecule has 0 bridgehead atoms. The minimum atomic E-state index is -1.25. The van der Waals surface area contributed by atoms with Gasteiger partial charge in [-0.05, 0) is 24.1 Å². The lowest BCUT2D eigenvalue weighted by molar-refractivity contribution is -0.143. The van der Waals surface area contributed by atoms with Crippen LogP contribution in [0.1, 0.15) is 18.4 Å². The van der Waals surface area contributed by atoms with E-state index < -0.39 is 23.9 Å². The van der Waals surface area contributed by atoms with Crippen molar-refractivity contribution in [2.75, 3.05) is 7.11 Å². The molecule has 0 spiro atoms. The van der Waals surface area contributed by atoms with Gasteiger partial charge in [-0.25, -0.2) is 4.79 Å². The normalized spacial score (nSPS) is 11.5. The zero-order chi connectivity index (χ0) is 15.8. The molecule has 0 aliphatic rings. The SMILES string of the molecule is COc1cccc(CC(=O)NC(CCC(=O)O)C(=O)O)c1. The van der Waals surface area contributed by atoms with Crippen LogP contribution in [0.2, 0.25) is 0 Å². The molecule has 1 unspecified atom stereocenters. The molecule has 7 heteroatoms. The first-order valence-electron chi connectivity index (χ1n) is 6.29. The van der Waals surface area contributed by atoms with Crippen molar-refractivity contribution in [1.82, 2.24) is 5.32 Å². The number of hydrogen-bond donors (Lipinski definition) is 3. The summed E-state index contributed by atoms with van der Waals surface area (Å²) in [6.07, 6.45) is -0.487. The molecule has 3 N–H and O–H groups in total.